The molecule has 1 aromatic heterocycles. The Hall–Kier alpha value is -2.50. The highest BCUT2D eigenvalue weighted by Gasteiger charge is 2.30. The molecule has 2 aromatic rings. The van der Waals surface area contributed by atoms with Gasteiger partial charge in [-0.15, -0.1) is 0 Å². The first-order valence-electron chi connectivity index (χ1n) is 9.18. The number of nitrogens with one attached hydrogen (secondary N) is 1. The van der Waals surface area contributed by atoms with Gasteiger partial charge in [-0.2, -0.15) is 0 Å². The molecule has 1 aliphatic rings. The van der Waals surface area contributed by atoms with Gasteiger partial charge in [-0.1, -0.05) is 12.1 Å². The van der Waals surface area contributed by atoms with Gasteiger partial charge in [0.1, 0.15) is 5.76 Å². The predicted molar refractivity (Wildman–Crippen MR) is 97.0 cm³/mol. The normalized spacial score (nSPS) is 21.3. The third-order valence-electron chi connectivity index (χ3n) is 5.06. The molecule has 26 heavy (non-hydrogen) atoms. The number of furan rings is 1. The van der Waals surface area contributed by atoms with E-state index in [1.165, 1.54) is 0 Å². The van der Waals surface area contributed by atoms with E-state index >= 15 is 0 Å². The zero-order chi connectivity index (χ0) is 18.7. The van der Waals surface area contributed by atoms with Crippen molar-refractivity contribution in [1.29, 1.82) is 0 Å². The van der Waals surface area contributed by atoms with E-state index in [0.717, 1.165) is 5.39 Å². The van der Waals surface area contributed by atoms with Crippen LogP contribution in [0.15, 0.2) is 28.7 Å². The van der Waals surface area contributed by atoms with E-state index in [1.54, 1.807) is 0 Å². The van der Waals surface area contributed by atoms with Crippen LogP contribution in [0.3, 0.4) is 0 Å². The zero-order valence-electron chi connectivity index (χ0n) is 15.2. The zero-order valence-corrected chi connectivity index (χ0v) is 15.2. The molecule has 6 heteroatoms. The van der Waals surface area contributed by atoms with Crippen LogP contribution in [-0.4, -0.2) is 23.6 Å². The number of carbonyl (C=O) groups excluding carboxylic acids is 1. The highest BCUT2D eigenvalue weighted by Crippen LogP contribution is 2.32. The minimum atomic E-state index is -0.760. The second-order valence-electron chi connectivity index (χ2n) is 6.87. The van der Waals surface area contributed by atoms with Crippen LogP contribution in [0.2, 0.25) is 0 Å². The molecular formula is C20H25NO5. The van der Waals surface area contributed by atoms with Crippen molar-refractivity contribution in [2.75, 3.05) is 6.61 Å². The van der Waals surface area contributed by atoms with Crippen molar-refractivity contribution in [3.63, 3.8) is 0 Å². The molecule has 1 unspecified atom stereocenters. The molecule has 140 valence electrons. The topological polar surface area (TPSA) is 88.8 Å². The lowest BCUT2D eigenvalue weighted by Crippen LogP contribution is -2.35. The number of carboxylic acids is 1. The highest BCUT2D eigenvalue weighted by atomic mass is 16.5. The third kappa shape index (κ3) is 3.84. The van der Waals surface area contributed by atoms with Crippen molar-refractivity contribution in [2.24, 2.45) is 11.8 Å². The molecule has 0 radical (unpaired) electrons. The lowest BCUT2D eigenvalue weighted by molar-refractivity contribution is -0.144. The Morgan fingerprint density at radius 1 is 1.27 bits per heavy atom. The second kappa shape index (κ2) is 7.81. The lowest BCUT2D eigenvalue weighted by Gasteiger charge is -2.26. The molecule has 1 atom stereocenters. The average molecular weight is 359 g/mol. The summed E-state index contributed by atoms with van der Waals surface area (Å²) in [5.74, 6) is 0.137. The second-order valence-corrected chi connectivity index (χ2v) is 6.87. The van der Waals surface area contributed by atoms with Gasteiger partial charge in [0.25, 0.3) is 0 Å². The largest absolute Gasteiger partial charge is 0.490 e. The fourth-order valence-corrected chi connectivity index (χ4v) is 3.54. The number of aliphatic carboxylic acids is 1. The number of carbonyl (C=O) groups is 2. The summed E-state index contributed by atoms with van der Waals surface area (Å²) in [6.45, 7) is 4.36. The van der Waals surface area contributed by atoms with Gasteiger partial charge in [0.15, 0.2) is 11.3 Å². The molecule has 1 aromatic carbocycles. The maximum Gasteiger partial charge on any atom is 0.306 e. The van der Waals surface area contributed by atoms with E-state index in [-0.39, 0.29) is 23.8 Å². The summed E-state index contributed by atoms with van der Waals surface area (Å²) in [6.07, 6.45) is 2.35. The standard InChI is InChI=1S/C20H25NO5/c1-3-25-16-6-4-5-15-11-17(26-18(15)16)12(2)21-19(22)13-7-9-14(10-8-13)20(23)24/h4-6,11-14H,3,7-10H2,1-2H3,(H,21,22)(H,23,24). The molecule has 1 aliphatic carbocycles. The van der Waals surface area contributed by atoms with Gasteiger partial charge in [-0.05, 0) is 51.7 Å². The van der Waals surface area contributed by atoms with Crippen molar-refractivity contribution in [3.8, 4) is 5.75 Å². The highest BCUT2D eigenvalue weighted by molar-refractivity contribution is 5.84. The minimum absolute atomic E-state index is 0.0353. The summed E-state index contributed by atoms with van der Waals surface area (Å²) in [6, 6.07) is 7.39. The Bertz CT molecular complexity index is 789. The fourth-order valence-electron chi connectivity index (χ4n) is 3.54. The van der Waals surface area contributed by atoms with Crippen molar-refractivity contribution in [1.82, 2.24) is 5.32 Å². The number of hydrogen-bond acceptors (Lipinski definition) is 4. The molecule has 1 fully saturated rings. The fraction of sp³-hybridized carbons (Fsp3) is 0.500. The summed E-state index contributed by atoms with van der Waals surface area (Å²) >= 11 is 0. The van der Waals surface area contributed by atoms with Crippen LogP contribution in [0.4, 0.5) is 0 Å². The van der Waals surface area contributed by atoms with Gasteiger partial charge in [-0.25, -0.2) is 0 Å². The number of rotatable bonds is 6. The quantitative estimate of drug-likeness (QED) is 0.816. The van der Waals surface area contributed by atoms with Crippen LogP contribution in [0.1, 0.15) is 51.3 Å². The molecule has 1 heterocycles. The molecule has 0 aliphatic heterocycles. The van der Waals surface area contributed by atoms with E-state index in [9.17, 15) is 9.59 Å². The number of hydrogen-bond donors (Lipinski definition) is 2. The smallest absolute Gasteiger partial charge is 0.306 e. The third-order valence-corrected chi connectivity index (χ3v) is 5.06. The van der Waals surface area contributed by atoms with E-state index in [4.69, 9.17) is 14.3 Å². The van der Waals surface area contributed by atoms with Crippen molar-refractivity contribution in [3.05, 3.63) is 30.0 Å². The molecule has 0 spiro atoms. The number of benzene rings is 1. The minimum Gasteiger partial charge on any atom is -0.490 e. The summed E-state index contributed by atoms with van der Waals surface area (Å²) in [5, 5.41) is 13.0. The van der Waals surface area contributed by atoms with E-state index in [1.807, 2.05) is 38.1 Å². The Balaban J connectivity index is 1.65. The lowest BCUT2D eigenvalue weighted by atomic mass is 9.81. The first-order valence-corrected chi connectivity index (χ1v) is 9.18. The number of ether oxygens (including phenoxy) is 1. The summed E-state index contributed by atoms with van der Waals surface area (Å²) < 4.78 is 11.5. The van der Waals surface area contributed by atoms with Crippen molar-refractivity contribution < 1.29 is 23.8 Å². The van der Waals surface area contributed by atoms with E-state index < -0.39 is 5.97 Å². The SMILES string of the molecule is CCOc1cccc2cc(C(C)NC(=O)C3CCC(C(=O)O)CC3)oc12. The number of carboxylic acid groups (broad SMARTS) is 1. The van der Waals surface area contributed by atoms with Gasteiger partial charge in [0.05, 0.1) is 18.6 Å². The van der Waals surface area contributed by atoms with Gasteiger partial charge < -0.3 is 19.6 Å². The van der Waals surface area contributed by atoms with E-state index in [0.29, 0.717) is 49.4 Å². The molecule has 1 amide bonds. The maximum absolute atomic E-state index is 12.5. The summed E-state index contributed by atoms with van der Waals surface area (Å²) in [5.41, 5.74) is 0.687. The first kappa shape index (κ1) is 18.3. The molecule has 6 nitrogen and oxygen atoms in total. The van der Waals surface area contributed by atoms with Crippen LogP contribution in [0.25, 0.3) is 11.0 Å². The van der Waals surface area contributed by atoms with Gasteiger partial charge in [0, 0.05) is 11.3 Å². The molecular weight excluding hydrogens is 334 g/mol. The number of para-hydroxylation sites is 1. The van der Waals surface area contributed by atoms with Crippen LogP contribution in [-0.2, 0) is 9.59 Å². The molecule has 2 N–H and O–H groups in total. The monoisotopic (exact) mass is 359 g/mol. The summed E-state index contributed by atoms with van der Waals surface area (Å²) in [4.78, 5) is 23.5. The molecule has 3 rings (SSSR count). The van der Waals surface area contributed by atoms with Crippen LogP contribution in [0.5, 0.6) is 5.75 Å². The van der Waals surface area contributed by atoms with Crippen LogP contribution < -0.4 is 10.1 Å². The Morgan fingerprint density at radius 3 is 2.62 bits per heavy atom. The number of amides is 1. The molecule has 0 bridgehead atoms. The van der Waals surface area contributed by atoms with Crippen molar-refractivity contribution in [2.45, 2.75) is 45.6 Å². The predicted octanol–water partition coefficient (Wildman–Crippen LogP) is 3.90. The van der Waals surface area contributed by atoms with Crippen molar-refractivity contribution >= 4 is 22.8 Å². The average Bonchev–Trinajstić information content (AvgIpc) is 3.07. The Kier molecular flexibility index (Phi) is 5.49. The van der Waals surface area contributed by atoms with Gasteiger partial charge in [0.2, 0.25) is 5.91 Å². The maximum atomic E-state index is 12.5. The van der Waals surface area contributed by atoms with E-state index in [2.05, 4.69) is 5.32 Å². The Morgan fingerprint density at radius 2 is 1.96 bits per heavy atom. The van der Waals surface area contributed by atoms with Gasteiger partial charge in [-0.3, -0.25) is 9.59 Å². The molecule has 0 saturated heterocycles. The first-order chi connectivity index (χ1) is 12.5. The van der Waals surface area contributed by atoms with Gasteiger partial charge >= 0.3 is 5.97 Å². The molecule has 1 saturated carbocycles. The van der Waals surface area contributed by atoms with Crippen LogP contribution in [0, 0.1) is 11.8 Å². The van der Waals surface area contributed by atoms with Crippen LogP contribution >= 0.6 is 0 Å². The Labute approximate surface area is 152 Å². The summed E-state index contributed by atoms with van der Waals surface area (Å²) in [7, 11) is 0. The number of fused-ring (bicyclic) bond motifs is 1.